The summed E-state index contributed by atoms with van der Waals surface area (Å²) in [5.74, 6) is 3.58. The Balaban J connectivity index is 0.000000128. The SMILES string of the molecule is C1=Cc2ccc3c(c2[N-]C1)[N-]CC=C3.C1C[N-]C2C(C1)CCC1CCC[N-]C12.C1C[N-]C2C(C1)CCC1CCC[N-]C12.[Cl-].[Co+2]. The molecule has 2 saturated carbocycles. The second-order valence-corrected chi connectivity index (χ2v) is 13.8. The van der Waals surface area contributed by atoms with Crippen LogP contribution in [0.15, 0.2) is 24.3 Å². The molecule has 6 heterocycles. The Morgan fingerprint density at radius 2 is 0.773 bits per heavy atom. The van der Waals surface area contributed by atoms with E-state index < -0.39 is 0 Å². The molecule has 0 aromatic heterocycles. The quantitative estimate of drug-likeness (QED) is 0.289. The molecule has 6 nitrogen and oxygen atoms in total. The topological polar surface area (TPSA) is 84.6 Å². The maximum Gasteiger partial charge on any atom is 2.00 e. The van der Waals surface area contributed by atoms with Crippen molar-refractivity contribution in [1.29, 1.82) is 0 Å². The molecule has 1 aromatic carbocycles. The number of piperidine rings is 4. The largest absolute Gasteiger partial charge is 2.00 e. The van der Waals surface area contributed by atoms with E-state index in [0.717, 1.165) is 74.3 Å². The van der Waals surface area contributed by atoms with Crippen molar-refractivity contribution in [2.45, 2.75) is 101 Å². The summed E-state index contributed by atoms with van der Waals surface area (Å²) in [6.45, 7) is 6.00. The Morgan fingerprint density at radius 1 is 0.455 bits per heavy atom. The molecule has 2 aliphatic carbocycles. The summed E-state index contributed by atoms with van der Waals surface area (Å²) in [6, 6.07) is 6.73. The third-order valence-corrected chi connectivity index (χ3v) is 11.3. The summed E-state index contributed by atoms with van der Waals surface area (Å²) in [5.41, 5.74) is 4.51. The predicted octanol–water partition coefficient (Wildman–Crippen LogP) is 6.92. The van der Waals surface area contributed by atoms with Gasteiger partial charge in [0.15, 0.2) is 0 Å². The van der Waals surface area contributed by atoms with Crippen LogP contribution in [0.2, 0.25) is 0 Å². The summed E-state index contributed by atoms with van der Waals surface area (Å²) in [4.78, 5) is 0. The predicted molar refractivity (Wildman–Crippen MR) is 178 cm³/mol. The second kappa shape index (κ2) is 16.7. The van der Waals surface area contributed by atoms with Gasteiger partial charge in [-0.2, -0.15) is 0 Å². The summed E-state index contributed by atoms with van der Waals surface area (Å²) < 4.78 is 0. The van der Waals surface area contributed by atoms with Crippen molar-refractivity contribution in [3.63, 3.8) is 0 Å². The van der Waals surface area contributed by atoms with Gasteiger partial charge in [-0.25, -0.2) is 0 Å². The minimum absolute atomic E-state index is 0. The molecule has 6 fully saturated rings. The first-order chi connectivity index (χ1) is 20.8. The Kier molecular flexibility index (Phi) is 13.0. The standard InChI is InChI=1S/2C12H20N2.C12H10N2.ClH.Co/c3*1-3-9-5-6-10-4-2-8-14-12(10)11(9)13-7-1;;/h2*9-12H,1-8H2;1-6H,7-8H2;1H;/q3*-2;;+2/p-1. The third kappa shape index (κ3) is 7.72. The van der Waals surface area contributed by atoms with E-state index in [2.05, 4.69) is 47.1 Å². The zero-order valence-electron chi connectivity index (χ0n) is 26.2. The van der Waals surface area contributed by atoms with Crippen molar-refractivity contribution in [1.82, 2.24) is 0 Å². The maximum absolute atomic E-state index is 4.84. The van der Waals surface area contributed by atoms with E-state index in [-0.39, 0.29) is 29.2 Å². The molecule has 4 saturated heterocycles. The van der Waals surface area contributed by atoms with Crippen LogP contribution in [0.4, 0.5) is 11.4 Å². The number of benzene rings is 1. The van der Waals surface area contributed by atoms with Gasteiger partial charge in [0.05, 0.1) is 0 Å². The molecule has 8 unspecified atom stereocenters. The normalized spacial score (nSPS) is 35.8. The van der Waals surface area contributed by atoms with Gasteiger partial charge in [0.25, 0.3) is 0 Å². The first-order valence-corrected chi connectivity index (χ1v) is 17.4. The van der Waals surface area contributed by atoms with Gasteiger partial charge < -0.3 is 44.3 Å². The van der Waals surface area contributed by atoms with Crippen LogP contribution in [-0.4, -0.2) is 63.4 Å². The molecule has 8 atom stereocenters. The van der Waals surface area contributed by atoms with Gasteiger partial charge in [-0.3, -0.25) is 0 Å². The summed E-state index contributed by atoms with van der Waals surface area (Å²) >= 11 is 0. The Bertz CT molecular complexity index is 983. The maximum atomic E-state index is 4.84. The van der Waals surface area contributed by atoms with E-state index in [1.807, 2.05) is 0 Å². The Morgan fingerprint density at radius 3 is 1.09 bits per heavy atom. The molecule has 0 spiro atoms. The van der Waals surface area contributed by atoms with Crippen LogP contribution in [0.25, 0.3) is 44.1 Å². The molecule has 6 aliphatic heterocycles. The minimum Gasteiger partial charge on any atom is -1.00 e. The molecule has 8 aliphatic rings. The fourth-order valence-electron chi connectivity index (χ4n) is 9.18. The monoisotopic (exact) mass is 660 g/mol. The number of rotatable bonds is 0. The van der Waals surface area contributed by atoms with Gasteiger partial charge >= 0.3 is 16.8 Å². The van der Waals surface area contributed by atoms with Gasteiger partial charge in [0, 0.05) is 0 Å². The first-order valence-electron chi connectivity index (χ1n) is 17.4. The molecule has 0 bridgehead atoms. The van der Waals surface area contributed by atoms with Crippen LogP contribution in [0.1, 0.15) is 88.2 Å². The summed E-state index contributed by atoms with van der Waals surface area (Å²) in [7, 11) is 0. The zero-order valence-corrected chi connectivity index (χ0v) is 28.0. The number of hydrogen-bond donors (Lipinski definition) is 0. The second-order valence-electron chi connectivity index (χ2n) is 13.8. The number of hydrogen-bond acceptors (Lipinski definition) is 0. The molecule has 0 amide bonds. The average molecular weight is 661 g/mol. The van der Waals surface area contributed by atoms with Crippen LogP contribution < -0.4 is 12.4 Å². The van der Waals surface area contributed by atoms with Gasteiger partial charge in [-0.15, -0.1) is 87.0 Å². The number of nitrogens with zero attached hydrogens (tertiary/aromatic N) is 6. The first kappa shape index (κ1) is 34.3. The van der Waals surface area contributed by atoms with Crippen LogP contribution >= 0.6 is 0 Å². The van der Waals surface area contributed by atoms with Crippen LogP contribution in [0.5, 0.6) is 0 Å². The molecule has 1 aromatic rings. The fraction of sp³-hybridized carbons (Fsp3) is 0.722. The van der Waals surface area contributed by atoms with E-state index in [0.29, 0.717) is 24.2 Å². The zero-order chi connectivity index (χ0) is 28.1. The van der Waals surface area contributed by atoms with Gasteiger partial charge in [-0.1, -0.05) is 125 Å². The van der Waals surface area contributed by atoms with Crippen molar-refractivity contribution < 1.29 is 29.2 Å². The smallest absolute Gasteiger partial charge is 1.00 e. The molecule has 245 valence electrons. The molecule has 0 N–H and O–H groups in total. The van der Waals surface area contributed by atoms with Crippen molar-refractivity contribution in [3.8, 4) is 0 Å². The van der Waals surface area contributed by atoms with Crippen molar-refractivity contribution in [3.05, 3.63) is 67.3 Å². The van der Waals surface area contributed by atoms with E-state index in [9.17, 15) is 0 Å². The van der Waals surface area contributed by atoms with Crippen molar-refractivity contribution in [2.75, 3.05) is 39.3 Å². The molecule has 1 radical (unpaired) electrons. The molecular weight excluding hydrogens is 611 g/mol. The Hall–Kier alpha value is -1.06. The Labute approximate surface area is 283 Å². The van der Waals surface area contributed by atoms with Crippen LogP contribution in [0.3, 0.4) is 0 Å². The van der Waals surface area contributed by atoms with E-state index >= 15 is 0 Å². The average Bonchev–Trinajstić information content (AvgIpc) is 3.09. The summed E-state index contributed by atoms with van der Waals surface area (Å²) in [5, 5.41) is 28.4. The molecular formula is C36H50ClCoN6-5. The van der Waals surface area contributed by atoms with E-state index in [1.165, 1.54) is 88.2 Å². The molecule has 8 heteroatoms. The van der Waals surface area contributed by atoms with Crippen molar-refractivity contribution in [2.24, 2.45) is 23.7 Å². The van der Waals surface area contributed by atoms with Crippen molar-refractivity contribution >= 4 is 23.5 Å². The van der Waals surface area contributed by atoms with Crippen LogP contribution in [0, 0.1) is 23.7 Å². The third-order valence-electron chi connectivity index (χ3n) is 11.3. The molecule has 9 rings (SSSR count). The van der Waals surface area contributed by atoms with Gasteiger partial charge in [-0.05, 0) is 11.1 Å². The number of fused-ring (bicyclic) bond motifs is 9. The van der Waals surface area contributed by atoms with Gasteiger partial charge in [0.1, 0.15) is 0 Å². The van der Waals surface area contributed by atoms with E-state index in [1.54, 1.807) is 0 Å². The van der Waals surface area contributed by atoms with Crippen LogP contribution in [-0.2, 0) is 16.8 Å². The molecule has 44 heavy (non-hydrogen) atoms. The van der Waals surface area contributed by atoms with Gasteiger partial charge in [0.2, 0.25) is 0 Å². The van der Waals surface area contributed by atoms with E-state index in [4.69, 9.17) is 21.3 Å². The summed E-state index contributed by atoms with van der Waals surface area (Å²) in [6.07, 6.45) is 25.2. The number of halogens is 1. The minimum atomic E-state index is 0. The fourth-order valence-corrected chi connectivity index (χ4v) is 9.18.